The summed E-state index contributed by atoms with van der Waals surface area (Å²) < 4.78 is 0. The fraction of sp³-hybridized carbons (Fsp3) is 0.538. The second-order valence-electron chi connectivity index (χ2n) is 5.25. The number of halogens is 1. The highest BCUT2D eigenvalue weighted by atomic mass is 35.5. The van der Waals surface area contributed by atoms with Crippen LogP contribution in [-0.4, -0.2) is 17.3 Å². The predicted molar refractivity (Wildman–Crippen MR) is 68.0 cm³/mol. The summed E-state index contributed by atoms with van der Waals surface area (Å²) in [4.78, 5) is 0. The summed E-state index contributed by atoms with van der Waals surface area (Å²) in [5, 5.41) is 13.8. The van der Waals surface area contributed by atoms with Gasteiger partial charge in [0.25, 0.3) is 0 Å². The number of hydrogen-bond donors (Lipinski definition) is 2. The van der Waals surface area contributed by atoms with Crippen LogP contribution in [0, 0.1) is 12.3 Å². The van der Waals surface area contributed by atoms with Gasteiger partial charge >= 0.3 is 0 Å². The van der Waals surface area contributed by atoms with E-state index < -0.39 is 0 Å². The fourth-order valence-electron chi connectivity index (χ4n) is 2.07. The zero-order chi connectivity index (χ0) is 11.9. The highest BCUT2D eigenvalue weighted by Gasteiger charge is 2.47. The van der Waals surface area contributed by atoms with Crippen LogP contribution in [0.1, 0.15) is 25.8 Å². The first-order valence-corrected chi connectivity index (χ1v) is 6.00. The predicted octanol–water partition coefficient (Wildman–Crippen LogP) is 3.22. The zero-order valence-electron chi connectivity index (χ0n) is 9.92. The smallest absolute Gasteiger partial charge is 0.0640 e. The van der Waals surface area contributed by atoms with Gasteiger partial charge in [-0.1, -0.05) is 31.5 Å². The Bertz CT molecular complexity index is 403. The van der Waals surface area contributed by atoms with Gasteiger partial charge in [-0.3, -0.25) is 0 Å². The van der Waals surface area contributed by atoms with Crippen molar-refractivity contribution in [1.29, 1.82) is 0 Å². The first kappa shape index (κ1) is 11.7. The van der Waals surface area contributed by atoms with Crippen molar-refractivity contribution < 1.29 is 5.11 Å². The molecule has 2 rings (SSSR count). The number of aliphatic hydroxyl groups is 1. The third-order valence-electron chi connectivity index (χ3n) is 3.67. The van der Waals surface area contributed by atoms with E-state index in [2.05, 4.69) is 19.2 Å². The maximum atomic E-state index is 9.66. The van der Waals surface area contributed by atoms with Crippen molar-refractivity contribution >= 4 is 17.3 Å². The Morgan fingerprint density at radius 1 is 1.44 bits per heavy atom. The summed E-state index contributed by atoms with van der Waals surface area (Å²) in [6.07, 6.45) is 0.575. The Hall–Kier alpha value is -0.730. The molecule has 0 amide bonds. The van der Waals surface area contributed by atoms with E-state index in [0.29, 0.717) is 6.04 Å². The third kappa shape index (κ3) is 1.92. The highest BCUT2D eigenvalue weighted by molar-refractivity contribution is 6.33. The Morgan fingerprint density at radius 3 is 2.62 bits per heavy atom. The molecule has 0 spiro atoms. The van der Waals surface area contributed by atoms with Crippen molar-refractivity contribution in [1.82, 2.24) is 0 Å². The van der Waals surface area contributed by atoms with E-state index in [0.717, 1.165) is 22.7 Å². The molecule has 0 aliphatic heterocycles. The van der Waals surface area contributed by atoms with Crippen LogP contribution < -0.4 is 5.32 Å². The van der Waals surface area contributed by atoms with Gasteiger partial charge in [0.1, 0.15) is 0 Å². The van der Waals surface area contributed by atoms with Gasteiger partial charge in [0.2, 0.25) is 0 Å². The number of aryl methyl sites for hydroxylation is 1. The molecular formula is C13H18ClNO. The molecule has 1 aromatic rings. The van der Waals surface area contributed by atoms with E-state index >= 15 is 0 Å². The van der Waals surface area contributed by atoms with Gasteiger partial charge in [0.15, 0.2) is 0 Å². The lowest BCUT2D eigenvalue weighted by Gasteiger charge is -2.50. The largest absolute Gasteiger partial charge is 0.392 e. The van der Waals surface area contributed by atoms with Crippen LogP contribution >= 0.6 is 11.6 Å². The van der Waals surface area contributed by atoms with Gasteiger partial charge in [0, 0.05) is 11.5 Å². The van der Waals surface area contributed by atoms with Gasteiger partial charge in [-0.15, -0.1) is 0 Å². The second kappa shape index (κ2) is 3.94. The van der Waals surface area contributed by atoms with Crippen LogP contribution in [0.15, 0.2) is 18.2 Å². The molecule has 1 aromatic carbocycles. The summed E-state index contributed by atoms with van der Waals surface area (Å²) >= 11 is 6.16. The maximum absolute atomic E-state index is 9.66. The summed E-state index contributed by atoms with van der Waals surface area (Å²) in [7, 11) is 0. The zero-order valence-corrected chi connectivity index (χ0v) is 10.7. The Kier molecular flexibility index (Phi) is 2.89. The molecule has 3 heteroatoms. The van der Waals surface area contributed by atoms with E-state index in [1.54, 1.807) is 0 Å². The van der Waals surface area contributed by atoms with E-state index in [4.69, 9.17) is 11.6 Å². The van der Waals surface area contributed by atoms with E-state index in [1.807, 2.05) is 25.1 Å². The molecule has 1 aliphatic rings. The van der Waals surface area contributed by atoms with Crippen molar-refractivity contribution in [2.45, 2.75) is 39.3 Å². The Labute approximate surface area is 102 Å². The molecule has 0 heterocycles. The molecule has 0 bridgehead atoms. The molecule has 2 N–H and O–H groups in total. The summed E-state index contributed by atoms with van der Waals surface area (Å²) in [6.45, 7) is 6.16. The van der Waals surface area contributed by atoms with Crippen LogP contribution in [0.2, 0.25) is 5.02 Å². The number of hydrogen-bond acceptors (Lipinski definition) is 2. The molecule has 1 fully saturated rings. The van der Waals surface area contributed by atoms with Gasteiger partial charge in [0.05, 0.1) is 16.8 Å². The topological polar surface area (TPSA) is 32.3 Å². The molecule has 16 heavy (non-hydrogen) atoms. The van der Waals surface area contributed by atoms with Crippen molar-refractivity contribution in [2.75, 3.05) is 5.32 Å². The molecule has 0 saturated heterocycles. The van der Waals surface area contributed by atoms with Crippen LogP contribution in [0.25, 0.3) is 0 Å². The molecule has 1 saturated carbocycles. The minimum absolute atomic E-state index is 0.0752. The van der Waals surface area contributed by atoms with Crippen molar-refractivity contribution in [3.05, 3.63) is 28.8 Å². The highest BCUT2D eigenvalue weighted by Crippen LogP contribution is 2.42. The van der Waals surface area contributed by atoms with Crippen molar-refractivity contribution in [2.24, 2.45) is 5.41 Å². The lowest BCUT2D eigenvalue weighted by atomic mass is 9.64. The number of benzene rings is 1. The van der Waals surface area contributed by atoms with Crippen molar-refractivity contribution in [3.63, 3.8) is 0 Å². The quantitative estimate of drug-likeness (QED) is 0.831. The number of nitrogens with one attached hydrogen (secondary N) is 1. The lowest BCUT2D eigenvalue weighted by Crippen LogP contribution is -2.56. The van der Waals surface area contributed by atoms with Gasteiger partial charge in [-0.05, 0) is 31.0 Å². The Balaban J connectivity index is 2.11. The molecule has 2 atom stereocenters. The monoisotopic (exact) mass is 239 g/mol. The first-order valence-electron chi connectivity index (χ1n) is 5.62. The van der Waals surface area contributed by atoms with Crippen LogP contribution in [-0.2, 0) is 0 Å². The standard InChI is InChI=1S/C13H18ClNO/c1-8-4-5-10(9(14)6-8)15-11-7-12(16)13(11,2)3/h4-6,11-12,15-16H,7H2,1-3H3. The number of anilines is 1. The van der Waals surface area contributed by atoms with Crippen LogP contribution in [0.3, 0.4) is 0 Å². The van der Waals surface area contributed by atoms with Crippen LogP contribution in [0.4, 0.5) is 5.69 Å². The minimum atomic E-state index is -0.214. The van der Waals surface area contributed by atoms with Gasteiger partial charge in [-0.2, -0.15) is 0 Å². The first-order chi connectivity index (χ1) is 7.41. The molecule has 88 valence electrons. The lowest BCUT2D eigenvalue weighted by molar-refractivity contribution is -0.0510. The SMILES string of the molecule is Cc1ccc(NC2CC(O)C2(C)C)c(Cl)c1. The molecule has 2 nitrogen and oxygen atoms in total. The van der Waals surface area contributed by atoms with E-state index in [9.17, 15) is 5.11 Å². The molecule has 2 unspecified atom stereocenters. The average molecular weight is 240 g/mol. The maximum Gasteiger partial charge on any atom is 0.0640 e. The minimum Gasteiger partial charge on any atom is -0.392 e. The summed E-state index contributed by atoms with van der Waals surface area (Å²) in [6, 6.07) is 6.28. The Morgan fingerprint density at radius 2 is 2.12 bits per heavy atom. The van der Waals surface area contributed by atoms with E-state index in [-0.39, 0.29) is 11.5 Å². The van der Waals surface area contributed by atoms with E-state index in [1.165, 1.54) is 0 Å². The third-order valence-corrected chi connectivity index (χ3v) is 3.98. The molecule has 0 radical (unpaired) electrons. The fourth-order valence-corrected chi connectivity index (χ4v) is 2.36. The molecule has 0 aromatic heterocycles. The second-order valence-corrected chi connectivity index (χ2v) is 5.66. The number of aliphatic hydroxyl groups excluding tert-OH is 1. The van der Waals surface area contributed by atoms with Crippen molar-refractivity contribution in [3.8, 4) is 0 Å². The van der Waals surface area contributed by atoms with Crippen LogP contribution in [0.5, 0.6) is 0 Å². The molecular weight excluding hydrogens is 222 g/mol. The molecule has 1 aliphatic carbocycles. The van der Waals surface area contributed by atoms with Gasteiger partial charge < -0.3 is 10.4 Å². The summed E-state index contributed by atoms with van der Waals surface area (Å²) in [5.74, 6) is 0. The normalized spacial score (nSPS) is 27.3. The average Bonchev–Trinajstić information content (AvgIpc) is 2.21. The van der Waals surface area contributed by atoms with Gasteiger partial charge in [-0.25, -0.2) is 0 Å². The number of rotatable bonds is 2. The summed E-state index contributed by atoms with van der Waals surface area (Å²) in [5.41, 5.74) is 2.04.